The molecule has 0 spiro atoms. The predicted molar refractivity (Wildman–Crippen MR) is 75.3 cm³/mol. The van der Waals surface area contributed by atoms with E-state index in [4.69, 9.17) is 0 Å². The Balaban J connectivity index is 2.24. The predicted octanol–water partition coefficient (Wildman–Crippen LogP) is 3.67. The molecule has 90 valence electrons. The van der Waals surface area contributed by atoms with Crippen LogP contribution < -0.4 is 5.32 Å². The van der Waals surface area contributed by atoms with Crippen LogP contribution in [0.2, 0.25) is 0 Å². The fourth-order valence-electron chi connectivity index (χ4n) is 2.84. The largest absolute Gasteiger partial charge is 0.345 e. The topological polar surface area (TPSA) is 17.0 Å². The van der Waals surface area contributed by atoms with Crippen LogP contribution in [0.15, 0.2) is 22.7 Å². The van der Waals surface area contributed by atoms with E-state index in [2.05, 4.69) is 58.0 Å². The fourth-order valence-corrected chi connectivity index (χ4v) is 3.70. The molecular formula is C14H17BrN2. The Morgan fingerprint density at radius 2 is 2.24 bits per heavy atom. The van der Waals surface area contributed by atoms with Crippen molar-refractivity contribution in [2.45, 2.75) is 25.8 Å². The molecule has 1 aliphatic heterocycles. The molecule has 1 fully saturated rings. The van der Waals surface area contributed by atoms with Gasteiger partial charge in [-0.2, -0.15) is 0 Å². The van der Waals surface area contributed by atoms with E-state index >= 15 is 0 Å². The Labute approximate surface area is 110 Å². The number of rotatable bonds is 1. The number of fused-ring (bicyclic) bond motifs is 1. The van der Waals surface area contributed by atoms with Crippen molar-refractivity contribution >= 4 is 26.8 Å². The van der Waals surface area contributed by atoms with E-state index in [1.54, 1.807) is 0 Å². The maximum Gasteiger partial charge on any atom is 0.0499 e. The van der Waals surface area contributed by atoms with Gasteiger partial charge in [0.1, 0.15) is 0 Å². The number of aryl methyl sites for hydroxylation is 2. The molecule has 3 rings (SSSR count). The minimum atomic E-state index is 0.502. The zero-order chi connectivity index (χ0) is 12.0. The van der Waals surface area contributed by atoms with Crippen molar-refractivity contribution in [2.24, 2.45) is 7.05 Å². The number of nitrogens with one attached hydrogen (secondary N) is 1. The molecule has 2 heterocycles. The van der Waals surface area contributed by atoms with Crippen LogP contribution in [0.5, 0.6) is 0 Å². The summed E-state index contributed by atoms with van der Waals surface area (Å²) >= 11 is 3.79. The lowest BCUT2D eigenvalue weighted by Crippen LogP contribution is -2.16. The Hall–Kier alpha value is -0.800. The van der Waals surface area contributed by atoms with Gasteiger partial charge in [0.25, 0.3) is 0 Å². The number of nitrogens with zero attached hydrogens (tertiary/aromatic N) is 1. The van der Waals surface area contributed by atoms with Gasteiger partial charge in [0.2, 0.25) is 0 Å². The molecule has 0 aliphatic carbocycles. The summed E-state index contributed by atoms with van der Waals surface area (Å²) in [6, 6.07) is 7.16. The molecule has 2 nitrogen and oxygen atoms in total. The van der Waals surface area contributed by atoms with Gasteiger partial charge in [0, 0.05) is 34.2 Å². The summed E-state index contributed by atoms with van der Waals surface area (Å²) in [5, 5.41) is 4.91. The van der Waals surface area contributed by atoms with Gasteiger partial charge in [-0.1, -0.05) is 11.6 Å². The third-order valence-corrected chi connectivity index (χ3v) is 4.56. The Kier molecular flexibility index (Phi) is 2.75. The Morgan fingerprint density at radius 3 is 2.94 bits per heavy atom. The van der Waals surface area contributed by atoms with Crippen molar-refractivity contribution in [1.29, 1.82) is 0 Å². The number of benzene rings is 1. The molecule has 2 aromatic rings. The van der Waals surface area contributed by atoms with Gasteiger partial charge in [-0.15, -0.1) is 0 Å². The van der Waals surface area contributed by atoms with Crippen LogP contribution in [0.3, 0.4) is 0 Å². The fraction of sp³-hybridized carbons (Fsp3) is 0.429. The first-order valence-corrected chi connectivity index (χ1v) is 6.95. The standard InChI is InChI=1S/C14H17BrN2/c1-9-5-6-12-10(8-9)13(15)14(17(12)2)11-4-3-7-16-11/h5-6,8,11,16H,3-4,7H2,1-2H3. The zero-order valence-electron chi connectivity index (χ0n) is 10.3. The third kappa shape index (κ3) is 1.72. The van der Waals surface area contributed by atoms with Crippen molar-refractivity contribution in [3.8, 4) is 0 Å². The van der Waals surface area contributed by atoms with E-state index in [-0.39, 0.29) is 0 Å². The second kappa shape index (κ2) is 4.14. The van der Waals surface area contributed by atoms with Gasteiger partial charge in [-0.05, 0) is 54.4 Å². The van der Waals surface area contributed by atoms with Crippen molar-refractivity contribution in [3.05, 3.63) is 33.9 Å². The summed E-state index contributed by atoms with van der Waals surface area (Å²) in [5.74, 6) is 0. The Morgan fingerprint density at radius 1 is 1.41 bits per heavy atom. The highest BCUT2D eigenvalue weighted by molar-refractivity contribution is 9.10. The highest BCUT2D eigenvalue weighted by atomic mass is 79.9. The molecule has 0 radical (unpaired) electrons. The average molecular weight is 293 g/mol. The lowest BCUT2D eigenvalue weighted by Gasteiger charge is -2.12. The van der Waals surface area contributed by atoms with Gasteiger partial charge in [-0.3, -0.25) is 0 Å². The first-order chi connectivity index (χ1) is 8.18. The lowest BCUT2D eigenvalue weighted by atomic mass is 10.1. The molecule has 17 heavy (non-hydrogen) atoms. The molecule has 0 amide bonds. The SMILES string of the molecule is Cc1ccc2c(c1)c(Br)c(C1CCCN1)n2C. The summed E-state index contributed by atoms with van der Waals surface area (Å²) in [5.41, 5.74) is 4.02. The van der Waals surface area contributed by atoms with Crippen LogP contribution >= 0.6 is 15.9 Å². The van der Waals surface area contributed by atoms with Crippen LogP contribution in [0.4, 0.5) is 0 Å². The number of hydrogen-bond acceptors (Lipinski definition) is 1. The van der Waals surface area contributed by atoms with E-state index in [9.17, 15) is 0 Å². The lowest BCUT2D eigenvalue weighted by molar-refractivity contribution is 0.601. The second-order valence-corrected chi connectivity index (χ2v) is 5.72. The summed E-state index contributed by atoms with van der Waals surface area (Å²) in [6.45, 7) is 3.28. The normalized spacial score (nSPS) is 20.3. The van der Waals surface area contributed by atoms with E-state index in [0.29, 0.717) is 6.04 Å². The van der Waals surface area contributed by atoms with E-state index in [0.717, 1.165) is 6.54 Å². The molecule has 1 aromatic carbocycles. The summed E-state index contributed by atoms with van der Waals surface area (Å²) in [7, 11) is 2.16. The van der Waals surface area contributed by atoms with Gasteiger partial charge in [0.05, 0.1) is 0 Å². The molecule has 3 heteroatoms. The van der Waals surface area contributed by atoms with Crippen LogP contribution in [-0.2, 0) is 7.05 Å². The van der Waals surface area contributed by atoms with Gasteiger partial charge in [-0.25, -0.2) is 0 Å². The van der Waals surface area contributed by atoms with Crippen LogP contribution in [-0.4, -0.2) is 11.1 Å². The maximum absolute atomic E-state index is 3.79. The first kappa shape index (κ1) is 11.3. The number of aromatic nitrogens is 1. The average Bonchev–Trinajstić information content (AvgIpc) is 2.88. The highest BCUT2D eigenvalue weighted by Gasteiger charge is 2.23. The van der Waals surface area contributed by atoms with Crippen LogP contribution in [0, 0.1) is 6.92 Å². The van der Waals surface area contributed by atoms with Crippen molar-refractivity contribution in [2.75, 3.05) is 6.54 Å². The molecule has 1 atom stereocenters. The number of hydrogen-bond donors (Lipinski definition) is 1. The highest BCUT2D eigenvalue weighted by Crippen LogP contribution is 2.37. The van der Waals surface area contributed by atoms with Crippen molar-refractivity contribution in [1.82, 2.24) is 9.88 Å². The van der Waals surface area contributed by atoms with E-state index in [1.807, 2.05) is 0 Å². The minimum Gasteiger partial charge on any atom is -0.345 e. The van der Waals surface area contributed by atoms with E-state index < -0.39 is 0 Å². The molecule has 1 aliphatic rings. The van der Waals surface area contributed by atoms with Gasteiger partial charge < -0.3 is 9.88 Å². The smallest absolute Gasteiger partial charge is 0.0499 e. The van der Waals surface area contributed by atoms with Gasteiger partial charge in [0.15, 0.2) is 0 Å². The van der Waals surface area contributed by atoms with E-state index in [1.165, 1.54) is 39.5 Å². The van der Waals surface area contributed by atoms with Crippen LogP contribution in [0.1, 0.15) is 30.1 Å². The molecule has 0 bridgehead atoms. The summed E-state index contributed by atoms with van der Waals surface area (Å²) in [6.07, 6.45) is 2.51. The molecule has 1 aromatic heterocycles. The third-order valence-electron chi connectivity index (χ3n) is 3.73. The molecule has 1 unspecified atom stereocenters. The molecular weight excluding hydrogens is 276 g/mol. The van der Waals surface area contributed by atoms with Crippen LogP contribution in [0.25, 0.3) is 10.9 Å². The minimum absolute atomic E-state index is 0.502. The number of halogens is 1. The first-order valence-electron chi connectivity index (χ1n) is 6.16. The van der Waals surface area contributed by atoms with Crippen molar-refractivity contribution < 1.29 is 0 Å². The summed E-state index contributed by atoms with van der Waals surface area (Å²) in [4.78, 5) is 0. The maximum atomic E-state index is 3.79. The zero-order valence-corrected chi connectivity index (χ0v) is 11.8. The summed E-state index contributed by atoms with van der Waals surface area (Å²) < 4.78 is 3.58. The molecule has 0 saturated carbocycles. The quantitative estimate of drug-likeness (QED) is 0.849. The van der Waals surface area contributed by atoms with Gasteiger partial charge >= 0.3 is 0 Å². The Bertz CT molecular complexity index is 565. The monoisotopic (exact) mass is 292 g/mol. The van der Waals surface area contributed by atoms with Crippen molar-refractivity contribution in [3.63, 3.8) is 0 Å². The second-order valence-electron chi connectivity index (χ2n) is 4.93. The molecule has 1 saturated heterocycles. The molecule has 1 N–H and O–H groups in total.